The molecule has 1 fully saturated rings. The van der Waals surface area contributed by atoms with Gasteiger partial charge < -0.3 is 27.8 Å². The number of anilines is 1. The Balaban J connectivity index is 0.000000213. The number of nitrogens with zero attached hydrogens (tertiary/aromatic N) is 2. The van der Waals surface area contributed by atoms with Crippen LogP contribution < -0.4 is 16.7 Å². The van der Waals surface area contributed by atoms with E-state index >= 15 is 0 Å². The van der Waals surface area contributed by atoms with Crippen LogP contribution in [0.5, 0.6) is 0 Å². The van der Waals surface area contributed by atoms with Crippen molar-refractivity contribution in [2.75, 3.05) is 24.6 Å². The van der Waals surface area contributed by atoms with Gasteiger partial charge in [0.05, 0.1) is 6.61 Å². The number of rotatable bonds is 2. The second-order valence-corrected chi connectivity index (χ2v) is 8.92. The van der Waals surface area contributed by atoms with Crippen LogP contribution in [0.25, 0.3) is 0 Å². The van der Waals surface area contributed by atoms with Gasteiger partial charge in [0.2, 0.25) is 0 Å². The predicted octanol–water partition coefficient (Wildman–Crippen LogP) is 2.34. The average Bonchev–Trinajstić information content (AvgIpc) is 3.20. The number of fused-ring (bicyclic) bond motifs is 1. The molecule has 1 aromatic heterocycles. The number of nitrogens with one attached hydrogen (secondary N) is 1. The molecule has 0 amide bonds. The van der Waals surface area contributed by atoms with E-state index in [-0.39, 0.29) is 62.8 Å². The zero-order valence-electron chi connectivity index (χ0n) is 18.6. The number of nitrogen functional groups attached to an aromatic ring is 1. The summed E-state index contributed by atoms with van der Waals surface area (Å²) in [4.78, 5) is 15.0. The van der Waals surface area contributed by atoms with E-state index in [1.807, 2.05) is 0 Å². The first-order chi connectivity index (χ1) is 14.2. The van der Waals surface area contributed by atoms with Crippen molar-refractivity contribution in [3.05, 3.63) is 63.1 Å². The summed E-state index contributed by atoms with van der Waals surface area (Å²) in [6.45, 7) is 14.1. The molecule has 4 N–H and O–H groups in total. The van der Waals surface area contributed by atoms with Gasteiger partial charge in [0, 0.05) is 44.7 Å². The first-order valence-corrected chi connectivity index (χ1v) is 11.2. The molecule has 0 bridgehead atoms. The minimum absolute atomic E-state index is 0. The molecular weight excluding hydrogens is 489 g/mol. The van der Waals surface area contributed by atoms with Crippen molar-refractivity contribution in [3.63, 3.8) is 0 Å². The van der Waals surface area contributed by atoms with Gasteiger partial charge >= 0.3 is 5.69 Å². The summed E-state index contributed by atoms with van der Waals surface area (Å²) in [6.07, 6.45) is 2.33. The Bertz CT molecular complexity index is 982. The Kier molecular flexibility index (Phi) is 9.73. The molecule has 1 aromatic carbocycles. The molecule has 0 saturated carbocycles. The smallest absolute Gasteiger partial charge is 0.351 e. The maximum Gasteiger partial charge on any atom is 0.351 e. The van der Waals surface area contributed by atoms with Crippen LogP contribution in [0.3, 0.4) is 0 Å². The number of aliphatic hydroxyl groups excluding tert-OH is 1. The minimum atomic E-state index is -0.431. The molecule has 167 valence electrons. The molecule has 2 aliphatic rings. The third kappa shape index (κ3) is 5.78. The van der Waals surface area contributed by atoms with Crippen LogP contribution in [0.4, 0.5) is 5.82 Å². The zero-order valence-corrected chi connectivity index (χ0v) is 22.3. The maximum absolute atomic E-state index is 11.4. The van der Waals surface area contributed by atoms with Gasteiger partial charge in [-0.05, 0) is 74.5 Å². The fourth-order valence-electron chi connectivity index (χ4n) is 4.02. The van der Waals surface area contributed by atoms with Crippen molar-refractivity contribution in [2.24, 2.45) is 0 Å². The summed E-state index contributed by atoms with van der Waals surface area (Å²) in [5, 5.41) is 12.3. The van der Waals surface area contributed by atoms with Crippen LogP contribution in [-0.2, 0) is 43.9 Å². The molecule has 1 radical (unpaired) electrons. The average molecular weight is 520 g/mol. The summed E-state index contributed by atoms with van der Waals surface area (Å²) in [5.74, 6) is 0.817. The molecule has 9 heteroatoms. The standard InChI is InChI=1S/C14H20N.C8H11N3O3S.Y/c1-8-9(2)11(4)14-12(5)15-7-6-13(14)10(8)3;9-5-1-2-11(8(13)10-5)6-4-15-7(3-12)14-6;/h12,15H,5-7H2,1-4H3;1-2,6-7,12H,3-4H2,(H2,9,10,13);/q-1;;. The van der Waals surface area contributed by atoms with Crippen LogP contribution >= 0.6 is 11.8 Å². The minimum Gasteiger partial charge on any atom is -0.393 e. The van der Waals surface area contributed by atoms with E-state index in [0.717, 1.165) is 13.0 Å². The Morgan fingerprint density at radius 3 is 2.58 bits per heavy atom. The Hall–Kier alpha value is -0.766. The van der Waals surface area contributed by atoms with Gasteiger partial charge in [0.15, 0.2) is 0 Å². The first kappa shape index (κ1) is 26.5. The van der Waals surface area contributed by atoms with Gasteiger partial charge in [-0.1, -0.05) is 11.6 Å². The molecule has 1 saturated heterocycles. The van der Waals surface area contributed by atoms with Crippen LogP contribution in [0.2, 0.25) is 0 Å². The molecular formula is C22H31N4O3SY-. The van der Waals surface area contributed by atoms with Gasteiger partial charge in [0.1, 0.15) is 17.5 Å². The van der Waals surface area contributed by atoms with Crippen molar-refractivity contribution >= 4 is 17.6 Å². The molecule has 2 aromatic rings. The summed E-state index contributed by atoms with van der Waals surface area (Å²) in [7, 11) is 0. The second-order valence-electron chi connectivity index (χ2n) is 7.73. The van der Waals surface area contributed by atoms with E-state index in [1.165, 1.54) is 49.7 Å². The Morgan fingerprint density at radius 1 is 1.29 bits per heavy atom. The summed E-state index contributed by atoms with van der Waals surface area (Å²) >= 11 is 1.47. The Labute approximate surface area is 213 Å². The third-order valence-electron chi connectivity index (χ3n) is 6.03. The SMILES string of the molecule is Nc1ccn(C2CSC(CO)O2)c(=O)n1.[CH2-]C1NCCc2c(C)c(C)c(C)c(C)c21.[Y]. The van der Waals surface area contributed by atoms with E-state index < -0.39 is 5.69 Å². The molecule has 31 heavy (non-hydrogen) atoms. The van der Waals surface area contributed by atoms with E-state index in [0.29, 0.717) is 5.75 Å². The number of hydrogen-bond donors (Lipinski definition) is 3. The van der Waals surface area contributed by atoms with Gasteiger partial charge in [-0.2, -0.15) is 4.98 Å². The number of aliphatic hydroxyl groups is 1. The molecule has 0 spiro atoms. The number of aromatic nitrogens is 2. The monoisotopic (exact) mass is 520 g/mol. The van der Waals surface area contributed by atoms with Gasteiger partial charge in [-0.25, -0.2) is 4.79 Å². The quantitative estimate of drug-likeness (QED) is 0.523. The normalized spacial score (nSPS) is 22.2. The Morgan fingerprint density at radius 2 is 1.97 bits per heavy atom. The van der Waals surface area contributed by atoms with Crippen molar-refractivity contribution in [2.45, 2.75) is 51.8 Å². The molecule has 7 nitrogen and oxygen atoms in total. The predicted molar refractivity (Wildman–Crippen MR) is 122 cm³/mol. The van der Waals surface area contributed by atoms with E-state index in [2.05, 4.69) is 44.9 Å². The molecule has 4 rings (SSSR count). The van der Waals surface area contributed by atoms with E-state index in [1.54, 1.807) is 12.3 Å². The van der Waals surface area contributed by atoms with Crippen LogP contribution in [0.15, 0.2) is 17.1 Å². The largest absolute Gasteiger partial charge is 0.393 e. The van der Waals surface area contributed by atoms with Crippen molar-refractivity contribution in [1.82, 2.24) is 14.9 Å². The fourth-order valence-corrected chi connectivity index (χ4v) is 4.95. The van der Waals surface area contributed by atoms with Crippen LogP contribution in [-0.4, -0.2) is 39.0 Å². The molecule has 0 aliphatic carbocycles. The van der Waals surface area contributed by atoms with Crippen molar-refractivity contribution < 1.29 is 42.6 Å². The van der Waals surface area contributed by atoms with Crippen LogP contribution in [0, 0.1) is 34.6 Å². The van der Waals surface area contributed by atoms with Crippen LogP contribution in [0.1, 0.15) is 45.7 Å². The number of hydrogen-bond acceptors (Lipinski definition) is 7. The van der Waals surface area contributed by atoms with E-state index in [4.69, 9.17) is 15.6 Å². The van der Waals surface area contributed by atoms with Crippen molar-refractivity contribution in [1.29, 1.82) is 0 Å². The number of ether oxygens (including phenoxy) is 1. The maximum atomic E-state index is 11.4. The molecule has 3 atom stereocenters. The van der Waals surface area contributed by atoms with Crippen molar-refractivity contribution in [3.8, 4) is 0 Å². The molecule has 2 aliphatic heterocycles. The molecule has 3 unspecified atom stereocenters. The third-order valence-corrected chi connectivity index (χ3v) is 7.14. The number of benzene rings is 1. The van der Waals surface area contributed by atoms with Gasteiger partial charge in [0.25, 0.3) is 0 Å². The topological polar surface area (TPSA) is 102 Å². The number of nitrogens with two attached hydrogens (primary N) is 1. The number of thioether (sulfide) groups is 1. The summed E-state index contributed by atoms with van der Waals surface area (Å²) in [5.41, 5.74) is 13.5. The molecule has 3 heterocycles. The fraction of sp³-hybridized carbons (Fsp3) is 0.500. The first-order valence-electron chi connectivity index (χ1n) is 10.1. The summed E-state index contributed by atoms with van der Waals surface area (Å²) in [6, 6.07) is 1.81. The van der Waals surface area contributed by atoms with E-state index in [9.17, 15) is 4.79 Å². The second kappa shape index (κ2) is 11.4. The van der Waals surface area contributed by atoms with Gasteiger partial charge in [-0.15, -0.1) is 11.8 Å². The van der Waals surface area contributed by atoms with Gasteiger partial charge in [-0.3, -0.25) is 4.57 Å². The zero-order chi connectivity index (χ0) is 22.0. The summed E-state index contributed by atoms with van der Waals surface area (Å²) < 4.78 is 6.79.